The van der Waals surface area contributed by atoms with Gasteiger partial charge in [0, 0.05) is 12.6 Å². The largest absolute Gasteiger partial charge is 0.444 e. The molecule has 1 atom stereocenters. The van der Waals surface area contributed by atoms with Crippen molar-refractivity contribution in [3.8, 4) is 0 Å². The van der Waals surface area contributed by atoms with Crippen LogP contribution in [-0.4, -0.2) is 30.8 Å². The van der Waals surface area contributed by atoms with Crippen molar-refractivity contribution in [2.24, 2.45) is 5.92 Å². The van der Waals surface area contributed by atoms with Crippen LogP contribution < -0.4 is 10.6 Å². The fourth-order valence-corrected chi connectivity index (χ4v) is 1.76. The van der Waals surface area contributed by atoms with Crippen LogP contribution in [0.25, 0.3) is 0 Å². The number of hydrogen-bond donors (Lipinski definition) is 2. The molecule has 1 saturated carbocycles. The Morgan fingerprint density at radius 3 is 2.53 bits per heavy atom. The van der Waals surface area contributed by atoms with E-state index >= 15 is 0 Å². The molecule has 0 aromatic rings. The van der Waals surface area contributed by atoms with Crippen LogP contribution in [0.4, 0.5) is 4.79 Å². The first kappa shape index (κ1) is 14.3. The molecule has 1 amide bonds. The summed E-state index contributed by atoms with van der Waals surface area (Å²) >= 11 is 0. The van der Waals surface area contributed by atoms with Gasteiger partial charge in [0.1, 0.15) is 5.60 Å². The zero-order valence-corrected chi connectivity index (χ0v) is 11.5. The van der Waals surface area contributed by atoms with E-state index in [0.717, 1.165) is 19.0 Å². The molecule has 1 aliphatic rings. The zero-order valence-electron chi connectivity index (χ0n) is 11.5. The van der Waals surface area contributed by atoms with Crippen LogP contribution in [0.15, 0.2) is 0 Å². The molecule has 4 nitrogen and oxygen atoms in total. The van der Waals surface area contributed by atoms with Gasteiger partial charge in [-0.15, -0.1) is 0 Å². The fourth-order valence-electron chi connectivity index (χ4n) is 1.76. The van der Waals surface area contributed by atoms with Crippen molar-refractivity contribution in [1.29, 1.82) is 0 Å². The summed E-state index contributed by atoms with van der Waals surface area (Å²) in [6.45, 7) is 9.46. The maximum absolute atomic E-state index is 11.5. The summed E-state index contributed by atoms with van der Waals surface area (Å²) in [5.74, 6) is 0.851. The molecule has 0 bridgehead atoms. The van der Waals surface area contributed by atoms with Crippen molar-refractivity contribution in [2.75, 3.05) is 13.1 Å². The van der Waals surface area contributed by atoms with Crippen LogP contribution >= 0.6 is 0 Å². The van der Waals surface area contributed by atoms with Gasteiger partial charge in [-0.2, -0.15) is 0 Å². The molecule has 1 unspecified atom stereocenters. The third-order valence-electron chi connectivity index (χ3n) is 2.87. The van der Waals surface area contributed by atoms with Gasteiger partial charge >= 0.3 is 6.09 Å². The first-order chi connectivity index (χ1) is 7.87. The Hall–Kier alpha value is -0.770. The Morgan fingerprint density at radius 2 is 2.06 bits per heavy atom. The summed E-state index contributed by atoms with van der Waals surface area (Å²) in [6, 6.07) is 0.102. The quantitative estimate of drug-likeness (QED) is 0.777. The van der Waals surface area contributed by atoms with Crippen molar-refractivity contribution in [3.05, 3.63) is 0 Å². The Labute approximate surface area is 104 Å². The molecule has 1 rings (SSSR count). The molecule has 2 N–H and O–H groups in total. The SMILES string of the molecule is CC(CNCC1CCC1)NC(=O)OC(C)(C)C. The molecular formula is C13H26N2O2. The van der Waals surface area contributed by atoms with Crippen molar-refractivity contribution in [3.63, 3.8) is 0 Å². The van der Waals surface area contributed by atoms with E-state index in [9.17, 15) is 4.79 Å². The standard InChI is InChI=1S/C13H26N2O2/c1-10(8-14-9-11-6-5-7-11)15-12(16)17-13(2,3)4/h10-11,14H,5-9H2,1-4H3,(H,15,16). The fraction of sp³-hybridized carbons (Fsp3) is 0.923. The third-order valence-corrected chi connectivity index (χ3v) is 2.87. The van der Waals surface area contributed by atoms with E-state index in [4.69, 9.17) is 4.74 Å². The van der Waals surface area contributed by atoms with E-state index in [1.807, 2.05) is 27.7 Å². The van der Waals surface area contributed by atoms with E-state index < -0.39 is 5.60 Å². The van der Waals surface area contributed by atoms with Crippen LogP contribution in [0.2, 0.25) is 0 Å². The van der Waals surface area contributed by atoms with Gasteiger partial charge in [-0.05, 0) is 53.0 Å². The number of nitrogens with one attached hydrogen (secondary N) is 2. The molecule has 0 radical (unpaired) electrons. The number of carbonyl (C=O) groups excluding carboxylic acids is 1. The minimum absolute atomic E-state index is 0.102. The molecule has 1 fully saturated rings. The lowest BCUT2D eigenvalue weighted by Crippen LogP contribution is -2.43. The van der Waals surface area contributed by atoms with Crippen molar-refractivity contribution in [1.82, 2.24) is 10.6 Å². The predicted molar refractivity (Wildman–Crippen MR) is 69.0 cm³/mol. The molecule has 0 aliphatic heterocycles. The Kier molecular flexibility index (Phi) is 5.25. The maximum Gasteiger partial charge on any atom is 0.407 e. The summed E-state index contributed by atoms with van der Waals surface area (Å²) in [5, 5.41) is 6.21. The minimum atomic E-state index is -0.427. The number of alkyl carbamates (subject to hydrolysis) is 1. The normalized spacial score (nSPS) is 18.4. The summed E-state index contributed by atoms with van der Waals surface area (Å²) in [6.07, 6.45) is 3.73. The Bertz CT molecular complexity index is 244. The number of carbonyl (C=O) groups is 1. The van der Waals surface area contributed by atoms with Gasteiger partial charge in [-0.3, -0.25) is 0 Å². The maximum atomic E-state index is 11.5. The molecule has 4 heteroatoms. The molecule has 1 aliphatic carbocycles. The topological polar surface area (TPSA) is 50.4 Å². The molecule has 0 spiro atoms. The second-order valence-electron chi connectivity index (χ2n) is 6.00. The van der Waals surface area contributed by atoms with E-state index in [2.05, 4.69) is 10.6 Å². The lowest BCUT2D eigenvalue weighted by atomic mass is 9.85. The number of ether oxygens (including phenoxy) is 1. The summed E-state index contributed by atoms with van der Waals surface area (Å²) in [4.78, 5) is 11.5. The van der Waals surface area contributed by atoms with E-state index in [0.29, 0.717) is 0 Å². The Balaban J connectivity index is 2.06. The molecule has 0 saturated heterocycles. The molecule has 17 heavy (non-hydrogen) atoms. The summed E-state index contributed by atoms with van der Waals surface area (Å²) < 4.78 is 5.19. The first-order valence-electron chi connectivity index (χ1n) is 6.57. The van der Waals surface area contributed by atoms with Crippen LogP contribution in [0.5, 0.6) is 0 Å². The van der Waals surface area contributed by atoms with E-state index in [1.165, 1.54) is 19.3 Å². The van der Waals surface area contributed by atoms with Crippen molar-refractivity contribution < 1.29 is 9.53 Å². The van der Waals surface area contributed by atoms with Crippen molar-refractivity contribution in [2.45, 2.75) is 58.6 Å². The predicted octanol–water partition coefficient (Wildman–Crippen LogP) is 2.29. The van der Waals surface area contributed by atoms with E-state index in [1.54, 1.807) is 0 Å². The molecule has 100 valence electrons. The number of amides is 1. The van der Waals surface area contributed by atoms with Gasteiger partial charge in [-0.1, -0.05) is 6.42 Å². The lowest BCUT2D eigenvalue weighted by molar-refractivity contribution is 0.0508. The first-order valence-corrected chi connectivity index (χ1v) is 6.57. The highest BCUT2D eigenvalue weighted by molar-refractivity contribution is 5.68. The second kappa shape index (κ2) is 6.24. The molecule has 0 aromatic heterocycles. The van der Waals surface area contributed by atoms with Gasteiger partial charge < -0.3 is 15.4 Å². The summed E-state index contributed by atoms with van der Waals surface area (Å²) in [7, 11) is 0. The minimum Gasteiger partial charge on any atom is -0.444 e. The van der Waals surface area contributed by atoms with Gasteiger partial charge in [0.05, 0.1) is 0 Å². The number of hydrogen-bond acceptors (Lipinski definition) is 3. The average molecular weight is 242 g/mol. The van der Waals surface area contributed by atoms with Crippen LogP contribution in [0, 0.1) is 5.92 Å². The van der Waals surface area contributed by atoms with E-state index in [-0.39, 0.29) is 12.1 Å². The summed E-state index contributed by atoms with van der Waals surface area (Å²) in [5.41, 5.74) is -0.427. The van der Waals surface area contributed by atoms with Crippen LogP contribution in [0.1, 0.15) is 47.0 Å². The zero-order chi connectivity index (χ0) is 12.9. The molecule has 0 aromatic carbocycles. The van der Waals surface area contributed by atoms with Gasteiger partial charge in [0.15, 0.2) is 0 Å². The average Bonchev–Trinajstić information content (AvgIpc) is 2.05. The smallest absolute Gasteiger partial charge is 0.407 e. The highest BCUT2D eigenvalue weighted by atomic mass is 16.6. The van der Waals surface area contributed by atoms with Crippen molar-refractivity contribution >= 4 is 6.09 Å². The van der Waals surface area contributed by atoms with Crippen LogP contribution in [0.3, 0.4) is 0 Å². The van der Waals surface area contributed by atoms with Gasteiger partial charge in [0.25, 0.3) is 0 Å². The highest BCUT2D eigenvalue weighted by Crippen LogP contribution is 2.24. The number of rotatable bonds is 5. The lowest BCUT2D eigenvalue weighted by Gasteiger charge is -2.26. The van der Waals surface area contributed by atoms with Crippen LogP contribution in [-0.2, 0) is 4.74 Å². The monoisotopic (exact) mass is 242 g/mol. The molecular weight excluding hydrogens is 216 g/mol. The Morgan fingerprint density at radius 1 is 1.41 bits per heavy atom. The molecule has 0 heterocycles. The van der Waals surface area contributed by atoms with Gasteiger partial charge in [0.2, 0.25) is 0 Å². The second-order valence-corrected chi connectivity index (χ2v) is 6.00. The van der Waals surface area contributed by atoms with Gasteiger partial charge in [-0.25, -0.2) is 4.79 Å². The highest BCUT2D eigenvalue weighted by Gasteiger charge is 2.19. The third kappa shape index (κ3) is 6.51.